The average Bonchev–Trinajstić information content (AvgIpc) is 2.59. The van der Waals surface area contributed by atoms with Crippen LogP contribution in [-0.4, -0.2) is 24.8 Å². The Morgan fingerprint density at radius 1 is 1.16 bits per heavy atom. The number of ether oxygens (including phenoxy) is 1. The summed E-state index contributed by atoms with van der Waals surface area (Å²) < 4.78 is 11.4. The van der Waals surface area contributed by atoms with Gasteiger partial charge in [-0.3, -0.25) is 4.79 Å². The second-order valence-electron chi connectivity index (χ2n) is 5.36. The number of phenols is 1. The van der Waals surface area contributed by atoms with Crippen LogP contribution >= 0.6 is 12.4 Å². The number of halogens is 1. The number of rotatable bonds is 6. The quantitative estimate of drug-likeness (QED) is 0.657. The zero-order chi connectivity index (χ0) is 16.9. The molecule has 0 saturated heterocycles. The van der Waals surface area contributed by atoms with Crippen LogP contribution < -0.4 is 15.5 Å². The zero-order valence-electron chi connectivity index (χ0n) is 13.8. The Kier molecular flexibility index (Phi) is 6.44. The SMILES string of the molecule is CCNCCOc1cc(O)c2c(=O)cc(-c3ccccc3)oc2c1.Cl. The van der Waals surface area contributed by atoms with Crippen LogP contribution in [0.2, 0.25) is 0 Å². The molecular weight excluding hydrogens is 342 g/mol. The Morgan fingerprint density at radius 3 is 2.64 bits per heavy atom. The third kappa shape index (κ3) is 4.32. The predicted molar refractivity (Wildman–Crippen MR) is 101 cm³/mol. The van der Waals surface area contributed by atoms with E-state index in [1.54, 1.807) is 6.07 Å². The van der Waals surface area contributed by atoms with Crippen LogP contribution in [-0.2, 0) is 0 Å². The Bertz CT molecular complexity index is 893. The van der Waals surface area contributed by atoms with Gasteiger partial charge in [-0.15, -0.1) is 12.4 Å². The lowest BCUT2D eigenvalue weighted by molar-refractivity contribution is 0.313. The van der Waals surface area contributed by atoms with Gasteiger partial charge in [0.2, 0.25) is 0 Å². The molecule has 2 N–H and O–H groups in total. The van der Waals surface area contributed by atoms with Crippen LogP contribution in [0.1, 0.15) is 6.92 Å². The summed E-state index contributed by atoms with van der Waals surface area (Å²) >= 11 is 0. The summed E-state index contributed by atoms with van der Waals surface area (Å²) in [6.45, 7) is 4.04. The second kappa shape index (κ2) is 8.55. The molecule has 3 rings (SSSR count). The van der Waals surface area contributed by atoms with Crippen molar-refractivity contribution in [1.29, 1.82) is 0 Å². The van der Waals surface area contributed by atoms with Gasteiger partial charge < -0.3 is 19.6 Å². The Balaban J connectivity index is 0.00000225. The van der Waals surface area contributed by atoms with Gasteiger partial charge in [0.15, 0.2) is 5.43 Å². The van der Waals surface area contributed by atoms with E-state index in [9.17, 15) is 9.90 Å². The molecule has 0 saturated carbocycles. The first kappa shape index (κ1) is 18.8. The molecule has 0 radical (unpaired) electrons. The topological polar surface area (TPSA) is 71.7 Å². The highest BCUT2D eigenvalue weighted by Crippen LogP contribution is 2.30. The smallest absolute Gasteiger partial charge is 0.197 e. The van der Waals surface area contributed by atoms with E-state index in [1.165, 1.54) is 12.1 Å². The number of fused-ring (bicyclic) bond motifs is 1. The van der Waals surface area contributed by atoms with Crippen LogP contribution in [0.15, 0.2) is 57.7 Å². The lowest BCUT2D eigenvalue weighted by Gasteiger charge is -2.09. The molecule has 0 bridgehead atoms. The molecule has 3 aromatic rings. The van der Waals surface area contributed by atoms with Crippen molar-refractivity contribution in [3.8, 4) is 22.8 Å². The van der Waals surface area contributed by atoms with E-state index in [0.29, 0.717) is 30.2 Å². The van der Waals surface area contributed by atoms with Crippen LogP contribution in [0, 0.1) is 0 Å². The van der Waals surface area contributed by atoms with E-state index in [4.69, 9.17) is 9.15 Å². The standard InChI is InChI=1S/C19H19NO4.ClH/c1-2-20-8-9-23-14-10-15(21)19-16(22)12-17(24-18(19)11-14)13-6-4-3-5-7-13;/h3-7,10-12,20-21H,2,8-9H2,1H3;1H. The Labute approximate surface area is 151 Å². The summed E-state index contributed by atoms with van der Waals surface area (Å²) in [6, 6.07) is 13.8. The number of nitrogens with one attached hydrogen (secondary N) is 1. The van der Waals surface area contributed by atoms with Gasteiger partial charge in [-0.1, -0.05) is 37.3 Å². The monoisotopic (exact) mass is 361 g/mol. The molecule has 0 fully saturated rings. The summed E-state index contributed by atoms with van der Waals surface area (Å²) in [5, 5.41) is 13.5. The van der Waals surface area contributed by atoms with Gasteiger partial charge in [0.25, 0.3) is 0 Å². The lowest BCUT2D eigenvalue weighted by atomic mass is 10.1. The van der Waals surface area contributed by atoms with Crippen molar-refractivity contribution in [2.24, 2.45) is 0 Å². The fraction of sp³-hybridized carbons (Fsp3) is 0.211. The molecule has 0 aliphatic heterocycles. The minimum atomic E-state index is -0.285. The fourth-order valence-electron chi connectivity index (χ4n) is 2.49. The maximum Gasteiger partial charge on any atom is 0.197 e. The van der Waals surface area contributed by atoms with Gasteiger partial charge in [-0.25, -0.2) is 0 Å². The molecule has 1 heterocycles. The van der Waals surface area contributed by atoms with Crippen LogP contribution in [0.5, 0.6) is 11.5 Å². The molecule has 132 valence electrons. The van der Waals surface area contributed by atoms with Crippen molar-refractivity contribution in [2.45, 2.75) is 6.92 Å². The molecule has 0 unspecified atom stereocenters. The highest BCUT2D eigenvalue weighted by Gasteiger charge is 2.12. The van der Waals surface area contributed by atoms with Crippen molar-refractivity contribution in [3.05, 3.63) is 58.8 Å². The molecule has 0 aliphatic rings. The number of phenolic OH excluding ortho intramolecular Hbond substituents is 1. The van der Waals surface area contributed by atoms with Gasteiger partial charge in [0.1, 0.15) is 34.8 Å². The summed E-state index contributed by atoms with van der Waals surface area (Å²) in [4.78, 5) is 12.3. The molecule has 0 atom stereocenters. The summed E-state index contributed by atoms with van der Waals surface area (Å²) in [5.74, 6) is 0.780. The summed E-state index contributed by atoms with van der Waals surface area (Å²) in [6.07, 6.45) is 0. The number of hydrogen-bond donors (Lipinski definition) is 2. The highest BCUT2D eigenvalue weighted by molar-refractivity contribution is 5.86. The number of aromatic hydroxyl groups is 1. The van der Waals surface area contributed by atoms with Gasteiger partial charge in [-0.05, 0) is 6.54 Å². The van der Waals surface area contributed by atoms with Crippen molar-refractivity contribution < 1.29 is 14.3 Å². The molecule has 0 amide bonds. The molecule has 5 nitrogen and oxygen atoms in total. The third-order valence-corrected chi connectivity index (χ3v) is 3.64. The second-order valence-corrected chi connectivity index (χ2v) is 5.36. The first-order valence-electron chi connectivity index (χ1n) is 7.89. The lowest BCUT2D eigenvalue weighted by Crippen LogP contribution is -2.20. The third-order valence-electron chi connectivity index (χ3n) is 3.64. The highest BCUT2D eigenvalue weighted by atomic mass is 35.5. The van der Waals surface area contributed by atoms with E-state index in [-0.39, 0.29) is 29.0 Å². The van der Waals surface area contributed by atoms with E-state index < -0.39 is 0 Å². The minimum Gasteiger partial charge on any atom is -0.507 e. The maximum absolute atomic E-state index is 12.3. The van der Waals surface area contributed by atoms with Crippen molar-refractivity contribution in [1.82, 2.24) is 5.32 Å². The maximum atomic E-state index is 12.3. The molecule has 0 aliphatic carbocycles. The van der Waals surface area contributed by atoms with Gasteiger partial charge in [0.05, 0.1) is 0 Å². The molecule has 1 aromatic heterocycles. The Morgan fingerprint density at radius 2 is 1.92 bits per heavy atom. The largest absolute Gasteiger partial charge is 0.507 e. The van der Waals surface area contributed by atoms with E-state index in [0.717, 1.165) is 12.1 Å². The predicted octanol–water partition coefficient (Wildman–Crippen LogP) is 3.58. The average molecular weight is 362 g/mol. The van der Waals surface area contributed by atoms with Crippen molar-refractivity contribution >= 4 is 23.4 Å². The first-order valence-corrected chi connectivity index (χ1v) is 7.89. The van der Waals surface area contributed by atoms with E-state index >= 15 is 0 Å². The number of hydrogen-bond acceptors (Lipinski definition) is 5. The van der Waals surface area contributed by atoms with E-state index in [1.807, 2.05) is 37.3 Å². The molecule has 6 heteroatoms. The van der Waals surface area contributed by atoms with Gasteiger partial charge >= 0.3 is 0 Å². The van der Waals surface area contributed by atoms with Gasteiger partial charge in [-0.2, -0.15) is 0 Å². The first-order chi connectivity index (χ1) is 11.7. The fourth-order valence-corrected chi connectivity index (χ4v) is 2.49. The van der Waals surface area contributed by atoms with Crippen LogP contribution in [0.4, 0.5) is 0 Å². The number of likely N-dealkylation sites (N-methyl/N-ethyl adjacent to an activating group) is 1. The van der Waals surface area contributed by atoms with Crippen LogP contribution in [0.3, 0.4) is 0 Å². The van der Waals surface area contributed by atoms with Crippen LogP contribution in [0.25, 0.3) is 22.3 Å². The normalized spacial score (nSPS) is 10.4. The van der Waals surface area contributed by atoms with Gasteiger partial charge in [0, 0.05) is 30.3 Å². The van der Waals surface area contributed by atoms with E-state index in [2.05, 4.69) is 5.32 Å². The zero-order valence-corrected chi connectivity index (χ0v) is 14.6. The molecular formula is C19H20ClNO4. The van der Waals surface area contributed by atoms with Crippen molar-refractivity contribution in [2.75, 3.05) is 19.7 Å². The summed E-state index contributed by atoms with van der Waals surface area (Å²) in [5.41, 5.74) is 0.820. The minimum absolute atomic E-state index is 0. The molecule has 0 spiro atoms. The van der Waals surface area contributed by atoms with Crippen molar-refractivity contribution in [3.63, 3.8) is 0 Å². The molecule has 2 aromatic carbocycles. The Hall–Kier alpha value is -2.50. The summed E-state index contributed by atoms with van der Waals surface area (Å²) in [7, 11) is 0. The molecule has 25 heavy (non-hydrogen) atoms. The number of benzene rings is 2.